The number of carbonyl (C=O) groups is 2. The first-order valence-electron chi connectivity index (χ1n) is 5.15. The Morgan fingerprint density at radius 2 is 2.12 bits per heavy atom. The molecule has 1 aromatic rings. The zero-order valence-corrected chi connectivity index (χ0v) is 9.12. The molecule has 0 saturated heterocycles. The molecule has 0 atom stereocenters. The van der Waals surface area contributed by atoms with Gasteiger partial charge in [-0.3, -0.25) is 9.59 Å². The lowest BCUT2D eigenvalue weighted by Crippen LogP contribution is -2.18. The molecule has 0 aromatic carbocycles. The van der Waals surface area contributed by atoms with E-state index in [9.17, 15) is 9.59 Å². The van der Waals surface area contributed by atoms with Gasteiger partial charge in [0.05, 0.1) is 0 Å². The van der Waals surface area contributed by atoms with Crippen molar-refractivity contribution in [2.45, 2.75) is 32.6 Å². The van der Waals surface area contributed by atoms with Gasteiger partial charge in [0.25, 0.3) is 5.91 Å². The monoisotopic (exact) mass is 225 g/mol. The average Bonchev–Trinajstić information content (AvgIpc) is 2.66. The molecule has 0 radical (unpaired) electrons. The number of anilines is 1. The maximum atomic E-state index is 11.4. The first kappa shape index (κ1) is 12.2. The van der Waals surface area contributed by atoms with Crippen LogP contribution in [0.3, 0.4) is 0 Å². The largest absolute Gasteiger partial charge is 0.364 e. The third kappa shape index (κ3) is 3.34. The normalized spacial score (nSPS) is 10.1. The van der Waals surface area contributed by atoms with Crippen molar-refractivity contribution in [3.63, 3.8) is 0 Å². The van der Waals surface area contributed by atoms with E-state index in [4.69, 9.17) is 5.73 Å². The number of hydrogen-bond acceptors (Lipinski definition) is 4. The molecule has 16 heavy (non-hydrogen) atoms. The van der Waals surface area contributed by atoms with Crippen LogP contribution in [0.2, 0.25) is 0 Å². The van der Waals surface area contributed by atoms with E-state index in [1.54, 1.807) is 0 Å². The van der Waals surface area contributed by atoms with Gasteiger partial charge in [0, 0.05) is 6.42 Å². The predicted octanol–water partition coefficient (Wildman–Crippen LogP) is 0.422. The van der Waals surface area contributed by atoms with Gasteiger partial charge in [-0.05, 0) is 6.42 Å². The lowest BCUT2D eigenvalue weighted by Gasteiger charge is -2.01. The summed E-state index contributed by atoms with van der Waals surface area (Å²) in [4.78, 5) is 22.3. The lowest BCUT2D eigenvalue weighted by atomic mass is 10.2. The number of nitrogens with two attached hydrogens (primary N) is 1. The van der Waals surface area contributed by atoms with Gasteiger partial charge >= 0.3 is 0 Å². The molecule has 2 amide bonds. The number of primary amides is 1. The number of nitrogens with zero attached hydrogens (tertiary/aromatic N) is 2. The Morgan fingerprint density at radius 1 is 1.38 bits per heavy atom. The van der Waals surface area contributed by atoms with Gasteiger partial charge in [-0.1, -0.05) is 19.8 Å². The number of nitrogens with one attached hydrogen (secondary N) is 2. The molecule has 1 aromatic heterocycles. The average molecular weight is 225 g/mol. The third-order valence-corrected chi connectivity index (χ3v) is 2.05. The fourth-order valence-corrected chi connectivity index (χ4v) is 1.22. The summed E-state index contributed by atoms with van der Waals surface area (Å²) >= 11 is 0. The SMILES string of the molecule is CCCCCC(=O)Nc1n[nH]nc1C(N)=O. The van der Waals surface area contributed by atoms with Crippen LogP contribution in [0.25, 0.3) is 0 Å². The van der Waals surface area contributed by atoms with Gasteiger partial charge in [-0.15, -0.1) is 10.2 Å². The molecule has 0 aliphatic heterocycles. The minimum atomic E-state index is -0.724. The van der Waals surface area contributed by atoms with Gasteiger partial charge in [-0.2, -0.15) is 5.21 Å². The number of amides is 2. The van der Waals surface area contributed by atoms with Crippen molar-refractivity contribution in [3.8, 4) is 0 Å². The minimum Gasteiger partial charge on any atom is -0.364 e. The van der Waals surface area contributed by atoms with Gasteiger partial charge in [-0.25, -0.2) is 0 Å². The van der Waals surface area contributed by atoms with Crippen LogP contribution in [0.1, 0.15) is 43.1 Å². The van der Waals surface area contributed by atoms with Crippen molar-refractivity contribution in [2.75, 3.05) is 5.32 Å². The summed E-state index contributed by atoms with van der Waals surface area (Å²) < 4.78 is 0. The molecule has 7 nitrogen and oxygen atoms in total. The molecule has 1 heterocycles. The summed E-state index contributed by atoms with van der Waals surface area (Å²) in [5.74, 6) is -0.823. The highest BCUT2D eigenvalue weighted by Gasteiger charge is 2.15. The molecule has 7 heteroatoms. The number of aromatic amines is 1. The number of unbranched alkanes of at least 4 members (excludes halogenated alkanes) is 2. The summed E-state index contributed by atoms with van der Waals surface area (Å²) in [6.45, 7) is 2.06. The fraction of sp³-hybridized carbons (Fsp3) is 0.556. The molecule has 0 bridgehead atoms. The van der Waals surface area contributed by atoms with Crippen LogP contribution in [0.4, 0.5) is 5.82 Å². The maximum Gasteiger partial charge on any atom is 0.273 e. The smallest absolute Gasteiger partial charge is 0.273 e. The molecule has 0 saturated carbocycles. The van der Waals surface area contributed by atoms with E-state index in [0.717, 1.165) is 19.3 Å². The van der Waals surface area contributed by atoms with Gasteiger partial charge in [0.2, 0.25) is 5.91 Å². The summed E-state index contributed by atoms with van der Waals surface area (Å²) in [5, 5.41) is 11.9. The highest BCUT2D eigenvalue weighted by molar-refractivity contribution is 6.00. The molecule has 0 spiro atoms. The first-order valence-corrected chi connectivity index (χ1v) is 5.15. The van der Waals surface area contributed by atoms with Crippen LogP contribution in [-0.2, 0) is 4.79 Å². The molecule has 0 aliphatic rings. The summed E-state index contributed by atoms with van der Waals surface area (Å²) in [6, 6.07) is 0. The second kappa shape index (κ2) is 5.84. The van der Waals surface area contributed by atoms with Crippen LogP contribution in [-0.4, -0.2) is 27.2 Å². The summed E-state index contributed by atoms with van der Waals surface area (Å²) in [6.07, 6.45) is 3.25. The Labute approximate surface area is 92.8 Å². The molecule has 1 rings (SSSR count). The van der Waals surface area contributed by atoms with Crippen molar-refractivity contribution in [1.82, 2.24) is 15.4 Å². The van der Waals surface area contributed by atoms with Crippen LogP contribution >= 0.6 is 0 Å². The van der Waals surface area contributed by atoms with E-state index >= 15 is 0 Å². The predicted molar refractivity (Wildman–Crippen MR) is 57.7 cm³/mol. The number of H-pyrrole nitrogens is 1. The fourth-order valence-electron chi connectivity index (χ4n) is 1.22. The first-order chi connectivity index (χ1) is 7.65. The third-order valence-electron chi connectivity index (χ3n) is 2.05. The molecule has 0 fully saturated rings. The minimum absolute atomic E-state index is 0.0520. The maximum absolute atomic E-state index is 11.4. The molecule has 0 unspecified atom stereocenters. The van der Waals surface area contributed by atoms with Crippen LogP contribution in [0.15, 0.2) is 0 Å². The van der Waals surface area contributed by atoms with E-state index in [2.05, 4.69) is 27.7 Å². The Balaban J connectivity index is 2.49. The standard InChI is InChI=1S/C9H15N5O2/c1-2-3-4-5-6(15)11-9-7(8(10)16)12-14-13-9/h2-5H2,1H3,(H2,10,16)(H2,11,12,13,14,15). The molecule has 0 aliphatic carbocycles. The van der Waals surface area contributed by atoms with Crippen molar-refractivity contribution < 1.29 is 9.59 Å². The van der Waals surface area contributed by atoms with Crippen molar-refractivity contribution in [1.29, 1.82) is 0 Å². The molecule has 4 N–H and O–H groups in total. The number of aromatic nitrogens is 3. The van der Waals surface area contributed by atoms with Crippen molar-refractivity contribution in [2.24, 2.45) is 5.73 Å². The zero-order valence-electron chi connectivity index (χ0n) is 9.12. The van der Waals surface area contributed by atoms with Crippen molar-refractivity contribution in [3.05, 3.63) is 5.69 Å². The topological polar surface area (TPSA) is 114 Å². The number of carbonyl (C=O) groups excluding carboxylic acids is 2. The van der Waals surface area contributed by atoms with Crippen molar-refractivity contribution >= 4 is 17.6 Å². The van der Waals surface area contributed by atoms with Crippen LogP contribution in [0.5, 0.6) is 0 Å². The molecule has 88 valence electrons. The summed E-state index contributed by atoms with van der Waals surface area (Å²) in [7, 11) is 0. The highest BCUT2D eigenvalue weighted by Crippen LogP contribution is 2.08. The van der Waals surface area contributed by atoms with Gasteiger partial charge in [0.15, 0.2) is 11.5 Å². The van der Waals surface area contributed by atoms with Gasteiger partial charge in [0.1, 0.15) is 0 Å². The Bertz CT molecular complexity index is 374. The Kier molecular flexibility index (Phi) is 4.43. The number of hydrogen-bond donors (Lipinski definition) is 3. The Morgan fingerprint density at radius 3 is 2.75 bits per heavy atom. The molecular formula is C9H15N5O2. The highest BCUT2D eigenvalue weighted by atomic mass is 16.2. The van der Waals surface area contributed by atoms with E-state index in [0.29, 0.717) is 6.42 Å². The zero-order chi connectivity index (χ0) is 12.0. The van der Waals surface area contributed by atoms with E-state index in [1.807, 2.05) is 0 Å². The van der Waals surface area contributed by atoms with Crippen LogP contribution < -0.4 is 11.1 Å². The second-order valence-corrected chi connectivity index (χ2v) is 3.39. The van der Waals surface area contributed by atoms with E-state index in [-0.39, 0.29) is 17.4 Å². The quantitative estimate of drug-likeness (QED) is 0.609. The number of rotatable bonds is 6. The van der Waals surface area contributed by atoms with E-state index in [1.165, 1.54) is 0 Å². The van der Waals surface area contributed by atoms with E-state index < -0.39 is 5.91 Å². The second-order valence-electron chi connectivity index (χ2n) is 3.39. The van der Waals surface area contributed by atoms with Crippen LogP contribution in [0, 0.1) is 0 Å². The lowest BCUT2D eigenvalue weighted by molar-refractivity contribution is -0.116. The van der Waals surface area contributed by atoms with Gasteiger partial charge < -0.3 is 11.1 Å². The molecular weight excluding hydrogens is 210 g/mol. The summed E-state index contributed by atoms with van der Waals surface area (Å²) in [5.41, 5.74) is 4.99. The Hall–Kier alpha value is -1.92.